The average molecular weight is 306 g/mol. The van der Waals surface area contributed by atoms with Crippen LogP contribution in [0.2, 0.25) is 0 Å². The van der Waals surface area contributed by atoms with Crippen molar-refractivity contribution < 1.29 is 9.59 Å². The molecule has 2 N–H and O–H groups in total. The Labute approximate surface area is 128 Å². The van der Waals surface area contributed by atoms with Gasteiger partial charge in [0.25, 0.3) is 0 Å². The van der Waals surface area contributed by atoms with E-state index in [0.717, 1.165) is 25.9 Å². The molecular formula is C14H28ClN3O2. The topological polar surface area (TPSA) is 61.4 Å². The summed E-state index contributed by atoms with van der Waals surface area (Å²) in [6, 6.07) is 0. The number of hydrogen-bond acceptors (Lipinski definition) is 3. The largest absolute Gasteiger partial charge is 0.355 e. The van der Waals surface area contributed by atoms with E-state index in [1.807, 2.05) is 32.7 Å². The van der Waals surface area contributed by atoms with Crippen LogP contribution in [-0.4, -0.2) is 49.9 Å². The summed E-state index contributed by atoms with van der Waals surface area (Å²) >= 11 is 0. The zero-order valence-corrected chi connectivity index (χ0v) is 13.8. The van der Waals surface area contributed by atoms with E-state index in [1.54, 1.807) is 0 Å². The van der Waals surface area contributed by atoms with E-state index in [4.69, 9.17) is 0 Å². The zero-order valence-electron chi connectivity index (χ0n) is 13.0. The monoisotopic (exact) mass is 305 g/mol. The number of likely N-dealkylation sites (tertiary alicyclic amines) is 1. The summed E-state index contributed by atoms with van der Waals surface area (Å²) in [5.41, 5.74) is -0.371. The highest BCUT2D eigenvalue weighted by atomic mass is 35.5. The fourth-order valence-electron chi connectivity index (χ4n) is 2.30. The number of likely N-dealkylation sites (N-methyl/N-ethyl adjacent to an activating group) is 1. The van der Waals surface area contributed by atoms with Crippen LogP contribution < -0.4 is 10.6 Å². The van der Waals surface area contributed by atoms with Gasteiger partial charge in [-0.3, -0.25) is 9.59 Å². The number of carbonyl (C=O) groups is 2. The Hall–Kier alpha value is -0.810. The molecule has 0 aliphatic carbocycles. The van der Waals surface area contributed by atoms with Crippen molar-refractivity contribution in [1.29, 1.82) is 0 Å². The predicted molar refractivity (Wildman–Crippen MR) is 82.9 cm³/mol. The minimum absolute atomic E-state index is 0. The fraction of sp³-hybridized carbons (Fsp3) is 0.857. The summed E-state index contributed by atoms with van der Waals surface area (Å²) in [4.78, 5) is 26.1. The molecule has 0 aromatic carbocycles. The average Bonchev–Trinajstić information content (AvgIpc) is 2.37. The smallest absolute Gasteiger partial charge is 0.227 e. The number of halogens is 1. The number of carbonyl (C=O) groups excluding carboxylic acids is 2. The van der Waals surface area contributed by atoms with Gasteiger partial charge in [-0.2, -0.15) is 0 Å². The van der Waals surface area contributed by atoms with E-state index < -0.39 is 0 Å². The van der Waals surface area contributed by atoms with Crippen molar-refractivity contribution in [3.05, 3.63) is 0 Å². The maximum Gasteiger partial charge on any atom is 0.227 e. The molecule has 0 saturated carbocycles. The highest BCUT2D eigenvalue weighted by Crippen LogP contribution is 2.23. The van der Waals surface area contributed by atoms with Gasteiger partial charge in [0.1, 0.15) is 0 Å². The van der Waals surface area contributed by atoms with Gasteiger partial charge in [0.2, 0.25) is 11.8 Å². The van der Waals surface area contributed by atoms with Crippen molar-refractivity contribution in [1.82, 2.24) is 15.5 Å². The second kappa shape index (κ2) is 8.47. The molecule has 1 atom stereocenters. The lowest BCUT2D eigenvalue weighted by molar-refractivity contribution is -0.142. The van der Waals surface area contributed by atoms with Crippen LogP contribution in [0.25, 0.3) is 0 Å². The summed E-state index contributed by atoms with van der Waals surface area (Å²) in [5, 5.41) is 5.91. The maximum atomic E-state index is 12.2. The third-order valence-corrected chi connectivity index (χ3v) is 3.40. The van der Waals surface area contributed by atoms with Crippen LogP contribution >= 0.6 is 12.4 Å². The molecule has 1 rings (SSSR count). The molecule has 2 amide bonds. The van der Waals surface area contributed by atoms with Crippen molar-refractivity contribution in [3.8, 4) is 0 Å². The summed E-state index contributed by atoms with van der Waals surface area (Å²) < 4.78 is 0. The van der Waals surface area contributed by atoms with E-state index >= 15 is 0 Å². The van der Waals surface area contributed by atoms with Crippen molar-refractivity contribution in [2.45, 2.75) is 33.6 Å². The van der Waals surface area contributed by atoms with Gasteiger partial charge in [-0.25, -0.2) is 0 Å². The van der Waals surface area contributed by atoms with E-state index in [1.165, 1.54) is 0 Å². The molecule has 0 bridgehead atoms. The van der Waals surface area contributed by atoms with E-state index in [-0.39, 0.29) is 35.6 Å². The van der Waals surface area contributed by atoms with Crippen LogP contribution in [0.1, 0.15) is 33.6 Å². The molecule has 0 spiro atoms. The quantitative estimate of drug-likeness (QED) is 0.763. The summed E-state index contributed by atoms with van der Waals surface area (Å²) in [5.74, 6) is 0.152. The van der Waals surface area contributed by atoms with Gasteiger partial charge in [0.05, 0.1) is 5.92 Å². The van der Waals surface area contributed by atoms with Crippen LogP contribution in [0.4, 0.5) is 0 Å². The zero-order chi connectivity index (χ0) is 14.5. The minimum atomic E-state index is -0.371. The first kappa shape index (κ1) is 19.2. The van der Waals surface area contributed by atoms with Crippen molar-refractivity contribution in [2.75, 3.05) is 33.2 Å². The Morgan fingerprint density at radius 2 is 1.90 bits per heavy atom. The molecule has 5 nitrogen and oxygen atoms in total. The number of nitrogens with zero attached hydrogens (tertiary/aromatic N) is 1. The Bertz CT molecular complexity index is 329. The van der Waals surface area contributed by atoms with E-state index in [9.17, 15) is 9.59 Å². The third kappa shape index (κ3) is 5.67. The molecule has 1 saturated heterocycles. The first-order valence-corrected chi connectivity index (χ1v) is 7.08. The second-order valence-corrected chi connectivity index (χ2v) is 6.23. The molecular weight excluding hydrogens is 278 g/mol. The minimum Gasteiger partial charge on any atom is -0.355 e. The Morgan fingerprint density at radius 1 is 1.25 bits per heavy atom. The number of hydrogen-bond donors (Lipinski definition) is 2. The van der Waals surface area contributed by atoms with Crippen LogP contribution in [-0.2, 0) is 9.59 Å². The highest BCUT2D eigenvalue weighted by Gasteiger charge is 2.33. The van der Waals surface area contributed by atoms with Gasteiger partial charge in [0.15, 0.2) is 0 Å². The normalized spacial score (nSPS) is 19.2. The molecule has 6 heteroatoms. The van der Waals surface area contributed by atoms with Gasteiger partial charge in [-0.1, -0.05) is 20.8 Å². The van der Waals surface area contributed by atoms with Crippen LogP contribution in [0.3, 0.4) is 0 Å². The molecule has 1 unspecified atom stereocenters. The summed E-state index contributed by atoms with van der Waals surface area (Å²) in [7, 11) is 1.86. The van der Waals surface area contributed by atoms with Crippen LogP contribution in [0, 0.1) is 11.3 Å². The molecule has 1 aliphatic rings. The highest BCUT2D eigenvalue weighted by molar-refractivity contribution is 5.85. The Morgan fingerprint density at radius 3 is 2.45 bits per heavy atom. The number of rotatable bonds is 4. The molecule has 1 heterocycles. The lowest BCUT2D eigenvalue weighted by atomic mass is 9.91. The fourth-order valence-corrected chi connectivity index (χ4v) is 2.30. The second-order valence-electron chi connectivity index (χ2n) is 6.23. The number of amides is 2. The molecule has 0 aromatic rings. The van der Waals surface area contributed by atoms with E-state index in [2.05, 4.69) is 10.6 Å². The summed E-state index contributed by atoms with van der Waals surface area (Å²) in [6.45, 7) is 8.50. The van der Waals surface area contributed by atoms with Gasteiger partial charge < -0.3 is 15.5 Å². The lowest BCUT2D eigenvalue weighted by Gasteiger charge is -2.35. The standard InChI is InChI=1S/C14H27N3O2.ClH/c1-14(2,3)13(19)17-9-5-6-11(10-17)12(18)16-8-7-15-4;/h11,15H,5-10H2,1-4H3,(H,16,18);1H. The SMILES string of the molecule is CNCCNC(=O)C1CCCN(C(=O)C(C)(C)C)C1.Cl. The predicted octanol–water partition coefficient (Wildman–Crippen LogP) is 1.03. The van der Waals surface area contributed by atoms with Gasteiger partial charge in [0, 0.05) is 31.6 Å². The molecule has 0 radical (unpaired) electrons. The first-order valence-electron chi connectivity index (χ1n) is 7.08. The van der Waals surface area contributed by atoms with E-state index in [0.29, 0.717) is 13.1 Å². The Kier molecular flexibility index (Phi) is 8.13. The Balaban J connectivity index is 0.00000361. The molecule has 118 valence electrons. The van der Waals surface area contributed by atoms with Gasteiger partial charge in [-0.05, 0) is 19.9 Å². The van der Waals surface area contributed by atoms with Crippen LogP contribution in [0.15, 0.2) is 0 Å². The number of nitrogens with one attached hydrogen (secondary N) is 2. The van der Waals surface area contributed by atoms with Crippen molar-refractivity contribution in [2.24, 2.45) is 11.3 Å². The molecule has 20 heavy (non-hydrogen) atoms. The third-order valence-electron chi connectivity index (χ3n) is 3.40. The maximum absolute atomic E-state index is 12.2. The van der Waals surface area contributed by atoms with Gasteiger partial charge in [-0.15, -0.1) is 12.4 Å². The summed E-state index contributed by atoms with van der Waals surface area (Å²) in [6.07, 6.45) is 1.78. The molecule has 0 aromatic heterocycles. The number of piperidine rings is 1. The van der Waals surface area contributed by atoms with Gasteiger partial charge >= 0.3 is 0 Å². The van der Waals surface area contributed by atoms with Crippen LogP contribution in [0.5, 0.6) is 0 Å². The molecule has 1 fully saturated rings. The van der Waals surface area contributed by atoms with Crippen molar-refractivity contribution in [3.63, 3.8) is 0 Å². The van der Waals surface area contributed by atoms with Crippen molar-refractivity contribution >= 4 is 24.2 Å². The first-order chi connectivity index (χ1) is 8.86. The lowest BCUT2D eigenvalue weighted by Crippen LogP contribution is -2.49. The molecule has 1 aliphatic heterocycles.